The van der Waals surface area contributed by atoms with E-state index >= 15 is 0 Å². The minimum Gasteiger partial charge on any atom is -0.466 e. The van der Waals surface area contributed by atoms with Crippen molar-refractivity contribution in [1.82, 2.24) is 4.98 Å². The van der Waals surface area contributed by atoms with Gasteiger partial charge in [-0.25, -0.2) is 9.59 Å². The van der Waals surface area contributed by atoms with Crippen LogP contribution in [0.25, 0.3) is 0 Å². The van der Waals surface area contributed by atoms with Crippen molar-refractivity contribution in [3.63, 3.8) is 0 Å². The fraction of sp³-hybridized carbons (Fsp3) is 0.250. The number of nitrogens with zero attached hydrogens (tertiary/aromatic N) is 2. The quantitative estimate of drug-likeness (QED) is 0.727. The van der Waals surface area contributed by atoms with Crippen molar-refractivity contribution in [1.29, 1.82) is 0 Å². The van der Waals surface area contributed by atoms with Crippen molar-refractivity contribution in [2.24, 2.45) is 0 Å². The Labute approximate surface area is 162 Å². The van der Waals surface area contributed by atoms with E-state index in [0.29, 0.717) is 17.2 Å². The largest absolute Gasteiger partial charge is 0.466 e. The number of esters is 2. The smallest absolute Gasteiger partial charge is 0.355 e. The van der Waals surface area contributed by atoms with Gasteiger partial charge in [0.15, 0.2) is 0 Å². The Morgan fingerprint density at radius 3 is 2.57 bits per heavy atom. The molecule has 0 fully saturated rings. The Bertz CT molecular complexity index is 910. The summed E-state index contributed by atoms with van der Waals surface area (Å²) < 4.78 is 21.0. The van der Waals surface area contributed by atoms with Crippen LogP contribution in [-0.2, 0) is 23.8 Å². The molecule has 0 atom stereocenters. The van der Waals surface area contributed by atoms with Gasteiger partial charge in [-0.3, -0.25) is 4.98 Å². The normalized spacial score (nSPS) is 13.9. The highest BCUT2D eigenvalue weighted by Crippen LogP contribution is 2.32. The number of carbonyl (C=O) groups excluding carboxylic acids is 2. The van der Waals surface area contributed by atoms with E-state index in [0.717, 1.165) is 5.56 Å². The van der Waals surface area contributed by atoms with Crippen LogP contribution < -0.4 is 9.64 Å². The zero-order chi connectivity index (χ0) is 20.1. The van der Waals surface area contributed by atoms with Gasteiger partial charge in [0.2, 0.25) is 0 Å². The van der Waals surface area contributed by atoms with Gasteiger partial charge in [-0.05, 0) is 42.8 Å². The van der Waals surface area contributed by atoms with E-state index in [9.17, 15) is 9.59 Å². The fourth-order valence-electron chi connectivity index (χ4n) is 2.80. The zero-order valence-electron chi connectivity index (χ0n) is 15.8. The molecule has 0 radical (unpaired) electrons. The first kappa shape index (κ1) is 19.4. The van der Waals surface area contributed by atoms with Gasteiger partial charge in [0.05, 0.1) is 32.6 Å². The van der Waals surface area contributed by atoms with Crippen molar-refractivity contribution in [3.8, 4) is 11.5 Å². The van der Waals surface area contributed by atoms with Crippen molar-refractivity contribution in [2.75, 3.05) is 32.5 Å². The van der Waals surface area contributed by atoms with E-state index in [-0.39, 0.29) is 24.6 Å². The third-order valence-electron chi connectivity index (χ3n) is 4.17. The second-order valence-corrected chi connectivity index (χ2v) is 5.96. The van der Waals surface area contributed by atoms with Crippen molar-refractivity contribution in [3.05, 3.63) is 59.6 Å². The highest BCUT2D eigenvalue weighted by Gasteiger charge is 2.32. The van der Waals surface area contributed by atoms with E-state index in [1.807, 2.05) is 13.0 Å². The number of carbonyl (C=O) groups is 2. The minimum atomic E-state index is -0.642. The number of hydrogen-bond acceptors (Lipinski definition) is 8. The molecule has 2 heterocycles. The van der Waals surface area contributed by atoms with E-state index in [1.54, 1.807) is 41.6 Å². The summed E-state index contributed by atoms with van der Waals surface area (Å²) in [4.78, 5) is 30.0. The van der Waals surface area contributed by atoms with Crippen LogP contribution in [0, 0.1) is 6.92 Å². The molecule has 0 amide bonds. The standard InChI is InChI=1S/C20H20N2O6/c1-13-9-14(6-7-17(13)28-15-5-4-8-21-10-15)22-12-27-11-16(19(23)25-2)18(22)20(24)26-3/h4-10H,11-12H2,1-3H3. The van der Waals surface area contributed by atoms with Crippen LogP contribution in [0.5, 0.6) is 11.5 Å². The first-order valence-electron chi connectivity index (χ1n) is 8.48. The number of benzene rings is 1. The monoisotopic (exact) mass is 384 g/mol. The molecule has 2 aromatic rings. The number of aromatic nitrogens is 1. The highest BCUT2D eigenvalue weighted by atomic mass is 16.5. The van der Waals surface area contributed by atoms with Gasteiger partial charge in [0.1, 0.15) is 23.9 Å². The molecule has 1 aromatic carbocycles. The summed E-state index contributed by atoms with van der Waals surface area (Å²) in [5.41, 5.74) is 1.68. The van der Waals surface area contributed by atoms with Gasteiger partial charge in [-0.15, -0.1) is 0 Å². The third kappa shape index (κ3) is 3.96. The molecule has 28 heavy (non-hydrogen) atoms. The number of pyridine rings is 1. The average Bonchev–Trinajstić information content (AvgIpc) is 2.74. The predicted molar refractivity (Wildman–Crippen MR) is 99.8 cm³/mol. The molecule has 1 aromatic heterocycles. The summed E-state index contributed by atoms with van der Waals surface area (Å²) >= 11 is 0. The third-order valence-corrected chi connectivity index (χ3v) is 4.17. The zero-order valence-corrected chi connectivity index (χ0v) is 15.8. The Kier molecular flexibility index (Phi) is 5.90. The molecule has 8 nitrogen and oxygen atoms in total. The lowest BCUT2D eigenvalue weighted by Crippen LogP contribution is -2.38. The lowest BCUT2D eigenvalue weighted by Gasteiger charge is -2.31. The number of ether oxygens (including phenoxy) is 4. The van der Waals surface area contributed by atoms with Crippen LogP contribution >= 0.6 is 0 Å². The first-order chi connectivity index (χ1) is 13.5. The summed E-state index contributed by atoms with van der Waals surface area (Å²) in [5.74, 6) is -0.0235. The predicted octanol–water partition coefficient (Wildman–Crippen LogP) is 2.58. The van der Waals surface area contributed by atoms with E-state index in [4.69, 9.17) is 18.9 Å². The number of rotatable bonds is 5. The molecule has 1 aliphatic heterocycles. The van der Waals surface area contributed by atoms with Crippen LogP contribution in [0.3, 0.4) is 0 Å². The Morgan fingerprint density at radius 1 is 1.14 bits per heavy atom. The van der Waals surface area contributed by atoms with E-state index < -0.39 is 11.9 Å². The molecular formula is C20H20N2O6. The molecule has 8 heteroatoms. The van der Waals surface area contributed by atoms with Gasteiger partial charge in [0, 0.05) is 11.9 Å². The van der Waals surface area contributed by atoms with Crippen molar-refractivity contribution in [2.45, 2.75) is 6.92 Å². The maximum absolute atomic E-state index is 12.4. The van der Waals surface area contributed by atoms with Gasteiger partial charge >= 0.3 is 11.9 Å². The molecule has 0 unspecified atom stereocenters. The summed E-state index contributed by atoms with van der Waals surface area (Å²) in [5, 5.41) is 0. The molecule has 146 valence electrons. The van der Waals surface area contributed by atoms with E-state index in [1.165, 1.54) is 14.2 Å². The Morgan fingerprint density at radius 2 is 1.93 bits per heavy atom. The van der Waals surface area contributed by atoms with Crippen LogP contribution in [-0.4, -0.2) is 44.5 Å². The molecule has 0 saturated heterocycles. The van der Waals surface area contributed by atoms with Crippen molar-refractivity contribution < 1.29 is 28.5 Å². The topological polar surface area (TPSA) is 87.2 Å². The molecule has 0 N–H and O–H groups in total. The lowest BCUT2D eigenvalue weighted by atomic mass is 10.1. The van der Waals surface area contributed by atoms with Crippen LogP contribution in [0.15, 0.2) is 54.0 Å². The molecule has 0 spiro atoms. The SMILES string of the molecule is COC(=O)C1=C(C(=O)OC)N(c2ccc(Oc3cccnc3)c(C)c2)COC1. The maximum Gasteiger partial charge on any atom is 0.355 e. The van der Waals surface area contributed by atoms with Crippen LogP contribution in [0.4, 0.5) is 5.69 Å². The molecule has 0 saturated carbocycles. The van der Waals surface area contributed by atoms with Crippen LogP contribution in [0.2, 0.25) is 0 Å². The molecule has 0 aliphatic carbocycles. The van der Waals surface area contributed by atoms with Crippen LogP contribution in [0.1, 0.15) is 5.56 Å². The highest BCUT2D eigenvalue weighted by molar-refractivity contribution is 6.03. The Balaban J connectivity index is 1.96. The summed E-state index contributed by atoms with van der Waals surface area (Å²) in [6, 6.07) is 8.97. The minimum absolute atomic E-state index is 0.0329. The second-order valence-electron chi connectivity index (χ2n) is 5.96. The Hall–Kier alpha value is -3.39. The molecule has 0 bridgehead atoms. The van der Waals surface area contributed by atoms with Gasteiger partial charge in [-0.1, -0.05) is 0 Å². The number of aryl methyl sites for hydroxylation is 1. The number of hydrogen-bond donors (Lipinski definition) is 0. The average molecular weight is 384 g/mol. The molecule has 1 aliphatic rings. The van der Waals surface area contributed by atoms with Gasteiger partial charge < -0.3 is 23.8 Å². The summed E-state index contributed by atoms with van der Waals surface area (Å²) in [6.07, 6.45) is 3.28. The van der Waals surface area contributed by atoms with E-state index in [2.05, 4.69) is 4.98 Å². The summed E-state index contributed by atoms with van der Waals surface area (Å²) in [7, 11) is 2.51. The fourth-order valence-corrected chi connectivity index (χ4v) is 2.80. The lowest BCUT2D eigenvalue weighted by molar-refractivity contribution is -0.140. The van der Waals surface area contributed by atoms with Crippen molar-refractivity contribution >= 4 is 17.6 Å². The van der Waals surface area contributed by atoms with Gasteiger partial charge in [-0.2, -0.15) is 0 Å². The molecular weight excluding hydrogens is 364 g/mol. The number of anilines is 1. The molecule has 3 rings (SSSR count). The second kappa shape index (κ2) is 8.53. The number of methoxy groups -OCH3 is 2. The van der Waals surface area contributed by atoms with Gasteiger partial charge in [0.25, 0.3) is 0 Å². The first-order valence-corrected chi connectivity index (χ1v) is 8.48. The maximum atomic E-state index is 12.4. The summed E-state index contributed by atoms with van der Waals surface area (Å²) in [6.45, 7) is 1.94.